The maximum absolute atomic E-state index is 13.2. The molecule has 9 nitrogen and oxygen atoms in total. The van der Waals surface area contributed by atoms with Gasteiger partial charge in [0.05, 0.1) is 30.0 Å². The van der Waals surface area contributed by atoms with Crippen LogP contribution >= 0.6 is 33.9 Å². The first-order valence-corrected chi connectivity index (χ1v) is 15.7. The van der Waals surface area contributed by atoms with Gasteiger partial charge in [-0.3, -0.25) is 14.2 Å². The van der Waals surface area contributed by atoms with E-state index in [1.54, 1.807) is 23.9 Å². The molecule has 0 unspecified atom stereocenters. The van der Waals surface area contributed by atoms with Crippen molar-refractivity contribution in [2.24, 2.45) is 11.1 Å². The highest BCUT2D eigenvalue weighted by atomic mass is 127. The van der Waals surface area contributed by atoms with Crippen LogP contribution in [0.4, 0.5) is 5.82 Å². The molecule has 4 N–H and O–H groups in total. The standard InChI is InChI=1S/C26H30IN5O4S2/c1-26(2,16-28)25(33)29-14-17-6-4-7-18(12-17)15-32-20-8-5-9-21(36-3)23(20)24(30-32)31-38(34,35)22-11-10-19(13-27)37-22/h4-12H,13-16,28H2,1-3H3,(H,29,33)(H,30,31). The number of hydrogen-bond donors (Lipinski definition) is 3. The smallest absolute Gasteiger partial charge is 0.272 e. The van der Waals surface area contributed by atoms with E-state index in [9.17, 15) is 13.2 Å². The summed E-state index contributed by atoms with van der Waals surface area (Å²) in [5, 5.41) is 8.17. The summed E-state index contributed by atoms with van der Waals surface area (Å²) in [5.74, 6) is 0.614. The maximum Gasteiger partial charge on any atom is 0.272 e. The number of hydrogen-bond acceptors (Lipinski definition) is 7. The number of carbonyl (C=O) groups excluding carboxylic acids is 1. The van der Waals surface area contributed by atoms with E-state index in [0.717, 1.165) is 25.9 Å². The summed E-state index contributed by atoms with van der Waals surface area (Å²) in [7, 11) is -2.29. The topological polar surface area (TPSA) is 128 Å². The molecule has 4 aromatic rings. The van der Waals surface area contributed by atoms with Crippen molar-refractivity contribution in [1.29, 1.82) is 0 Å². The summed E-state index contributed by atoms with van der Waals surface area (Å²) in [6, 6.07) is 16.7. The number of nitrogens with one attached hydrogen (secondary N) is 2. The Labute approximate surface area is 239 Å². The monoisotopic (exact) mass is 667 g/mol. The van der Waals surface area contributed by atoms with Gasteiger partial charge in [0.1, 0.15) is 9.96 Å². The number of halogens is 1. The third-order valence-corrected chi connectivity index (χ3v) is 10.4. The van der Waals surface area contributed by atoms with E-state index in [1.807, 2.05) is 56.3 Å². The normalized spacial score (nSPS) is 12.0. The summed E-state index contributed by atoms with van der Waals surface area (Å²) < 4.78 is 37.3. The van der Waals surface area contributed by atoms with Gasteiger partial charge >= 0.3 is 0 Å². The van der Waals surface area contributed by atoms with Crippen LogP contribution in [0.2, 0.25) is 0 Å². The molecule has 0 aliphatic heterocycles. The first-order chi connectivity index (χ1) is 18.1. The molecule has 0 aliphatic rings. The van der Waals surface area contributed by atoms with Gasteiger partial charge in [-0.1, -0.05) is 52.9 Å². The highest BCUT2D eigenvalue weighted by molar-refractivity contribution is 14.1. The number of rotatable bonds is 11. The average Bonchev–Trinajstić information content (AvgIpc) is 3.53. The number of sulfonamides is 1. The maximum atomic E-state index is 13.2. The van der Waals surface area contributed by atoms with Crippen LogP contribution in [0.1, 0.15) is 29.9 Å². The summed E-state index contributed by atoms with van der Waals surface area (Å²) in [5.41, 5.74) is 7.67. The van der Waals surface area contributed by atoms with Crippen molar-refractivity contribution < 1.29 is 17.9 Å². The molecule has 4 rings (SSSR count). The fourth-order valence-electron chi connectivity index (χ4n) is 3.84. The van der Waals surface area contributed by atoms with E-state index in [2.05, 4.69) is 37.7 Å². The lowest BCUT2D eigenvalue weighted by atomic mass is 9.92. The van der Waals surface area contributed by atoms with Crippen LogP contribution in [-0.2, 0) is 32.3 Å². The molecule has 1 amide bonds. The predicted molar refractivity (Wildman–Crippen MR) is 159 cm³/mol. The van der Waals surface area contributed by atoms with E-state index in [1.165, 1.54) is 11.3 Å². The number of ether oxygens (including phenoxy) is 1. The van der Waals surface area contributed by atoms with Crippen molar-refractivity contribution in [3.05, 3.63) is 70.6 Å². The van der Waals surface area contributed by atoms with Crippen molar-refractivity contribution in [2.75, 3.05) is 18.4 Å². The second-order valence-electron chi connectivity index (χ2n) is 9.41. The lowest BCUT2D eigenvalue weighted by molar-refractivity contribution is -0.129. The third-order valence-electron chi connectivity index (χ3n) is 6.13. The first-order valence-electron chi connectivity index (χ1n) is 11.8. The van der Waals surface area contributed by atoms with Crippen molar-refractivity contribution in [3.8, 4) is 5.75 Å². The Bertz CT molecular complexity index is 1560. The number of nitrogens with two attached hydrogens (primary N) is 1. The number of nitrogens with zero attached hydrogens (tertiary/aromatic N) is 2. The lowest BCUT2D eigenvalue weighted by Crippen LogP contribution is -2.41. The molecule has 0 atom stereocenters. The average molecular weight is 668 g/mol. The van der Waals surface area contributed by atoms with Crippen LogP contribution in [0.15, 0.2) is 58.8 Å². The minimum absolute atomic E-state index is 0.108. The number of benzene rings is 2. The molecule has 2 heterocycles. The molecule has 0 saturated heterocycles. The van der Waals surface area contributed by atoms with Crippen LogP contribution in [0.3, 0.4) is 0 Å². The van der Waals surface area contributed by atoms with E-state index in [4.69, 9.17) is 10.5 Å². The molecule has 0 saturated carbocycles. The molecule has 0 radical (unpaired) electrons. The largest absolute Gasteiger partial charge is 0.496 e. The molecule has 2 aromatic carbocycles. The van der Waals surface area contributed by atoms with Crippen LogP contribution < -0.4 is 20.5 Å². The predicted octanol–water partition coefficient (Wildman–Crippen LogP) is 4.49. The zero-order valence-corrected chi connectivity index (χ0v) is 25.1. The fraction of sp³-hybridized carbons (Fsp3) is 0.308. The second-order valence-corrected chi connectivity index (χ2v) is 13.3. The first kappa shape index (κ1) is 28.3. The summed E-state index contributed by atoms with van der Waals surface area (Å²) in [6.45, 7) is 4.63. The number of fused-ring (bicyclic) bond motifs is 1. The third kappa shape index (κ3) is 6.14. The highest BCUT2D eigenvalue weighted by Crippen LogP contribution is 2.34. The van der Waals surface area contributed by atoms with Gasteiger partial charge in [-0.05, 0) is 49.2 Å². The molecular formula is C26H30IN5O4S2. The van der Waals surface area contributed by atoms with Crippen LogP contribution in [0.25, 0.3) is 10.9 Å². The van der Waals surface area contributed by atoms with Gasteiger partial charge in [-0.15, -0.1) is 11.3 Å². The molecule has 38 heavy (non-hydrogen) atoms. The Kier molecular flexibility index (Phi) is 8.65. The molecule has 2 aromatic heterocycles. The zero-order chi connectivity index (χ0) is 27.5. The summed E-state index contributed by atoms with van der Waals surface area (Å²) in [4.78, 5) is 13.4. The molecule has 202 valence electrons. The zero-order valence-electron chi connectivity index (χ0n) is 21.3. The lowest BCUT2D eigenvalue weighted by Gasteiger charge is -2.21. The van der Waals surface area contributed by atoms with E-state index >= 15 is 0 Å². The minimum Gasteiger partial charge on any atom is -0.496 e. The molecule has 0 aliphatic carbocycles. The highest BCUT2D eigenvalue weighted by Gasteiger charge is 2.25. The van der Waals surface area contributed by atoms with Crippen molar-refractivity contribution in [3.63, 3.8) is 0 Å². The van der Waals surface area contributed by atoms with Gasteiger partial charge in [0.2, 0.25) is 5.91 Å². The van der Waals surface area contributed by atoms with Crippen LogP contribution in [0.5, 0.6) is 5.75 Å². The Balaban J connectivity index is 1.63. The molecule has 0 bridgehead atoms. The minimum atomic E-state index is -3.83. The number of amides is 1. The van der Waals surface area contributed by atoms with Gasteiger partial charge in [0, 0.05) is 22.4 Å². The number of aromatic nitrogens is 2. The van der Waals surface area contributed by atoms with E-state index in [-0.39, 0.29) is 22.5 Å². The van der Waals surface area contributed by atoms with Gasteiger partial charge in [0.15, 0.2) is 5.82 Å². The van der Waals surface area contributed by atoms with Gasteiger partial charge in [0.25, 0.3) is 10.0 Å². The van der Waals surface area contributed by atoms with Crippen molar-refractivity contribution in [2.45, 2.75) is 35.6 Å². The number of methoxy groups -OCH3 is 1. The van der Waals surface area contributed by atoms with E-state index in [0.29, 0.717) is 24.2 Å². The molecule has 0 spiro atoms. The van der Waals surface area contributed by atoms with Gasteiger partial charge in [-0.25, -0.2) is 8.42 Å². The summed E-state index contributed by atoms with van der Waals surface area (Å²) in [6.07, 6.45) is 0. The number of anilines is 1. The van der Waals surface area contributed by atoms with Crippen molar-refractivity contribution >= 4 is 66.6 Å². The Hall–Kier alpha value is -2.68. The van der Waals surface area contributed by atoms with Crippen molar-refractivity contribution in [1.82, 2.24) is 15.1 Å². The second kappa shape index (κ2) is 11.6. The Morgan fingerprint density at radius 2 is 1.89 bits per heavy atom. The number of carbonyl (C=O) groups is 1. The number of alkyl halides is 1. The SMILES string of the molecule is COc1cccc2c1c(NS(=O)(=O)c1ccc(CI)s1)nn2Cc1cccc(CNC(=O)C(C)(C)CN)c1. The Morgan fingerprint density at radius 1 is 1.16 bits per heavy atom. The molecule has 12 heteroatoms. The number of thiophene rings is 1. The fourth-order valence-corrected chi connectivity index (χ4v) is 6.77. The van der Waals surface area contributed by atoms with Gasteiger partial charge < -0.3 is 15.8 Å². The van der Waals surface area contributed by atoms with Gasteiger partial charge in [-0.2, -0.15) is 5.10 Å². The Morgan fingerprint density at radius 3 is 2.58 bits per heavy atom. The van der Waals surface area contributed by atoms with Crippen LogP contribution in [-0.4, -0.2) is 37.8 Å². The van der Waals surface area contributed by atoms with E-state index < -0.39 is 15.4 Å². The summed E-state index contributed by atoms with van der Waals surface area (Å²) >= 11 is 3.44. The molecular weight excluding hydrogens is 637 g/mol. The van der Waals surface area contributed by atoms with Crippen LogP contribution in [0, 0.1) is 5.41 Å². The quantitative estimate of drug-likeness (QED) is 0.160. The molecule has 0 fully saturated rings.